The molecule has 1 aromatic rings. The topological polar surface area (TPSA) is 37.8 Å². The molecule has 0 aliphatic heterocycles. The van der Waals surface area contributed by atoms with Crippen molar-refractivity contribution in [2.75, 3.05) is 0 Å². The number of nitrogens with zero attached hydrogens (tertiary/aromatic N) is 2. The van der Waals surface area contributed by atoms with Gasteiger partial charge in [-0.2, -0.15) is 0 Å². The highest BCUT2D eigenvalue weighted by molar-refractivity contribution is 7.99. The van der Waals surface area contributed by atoms with Gasteiger partial charge in [-0.3, -0.25) is 0 Å². The fourth-order valence-corrected chi connectivity index (χ4v) is 3.69. The lowest BCUT2D eigenvalue weighted by atomic mass is 9.91. The van der Waals surface area contributed by atoms with Crippen LogP contribution in [0.1, 0.15) is 52.0 Å². The zero-order valence-electron chi connectivity index (χ0n) is 12.2. The van der Waals surface area contributed by atoms with Crippen LogP contribution < -0.4 is 5.32 Å². The van der Waals surface area contributed by atoms with Crippen LogP contribution in [0.4, 0.5) is 0 Å². The van der Waals surface area contributed by atoms with Gasteiger partial charge < -0.3 is 5.32 Å². The van der Waals surface area contributed by atoms with Gasteiger partial charge in [-0.15, -0.1) is 0 Å². The molecule has 106 valence electrons. The van der Waals surface area contributed by atoms with Crippen LogP contribution in [0.15, 0.2) is 17.6 Å². The van der Waals surface area contributed by atoms with Gasteiger partial charge in [0.15, 0.2) is 5.16 Å². The van der Waals surface area contributed by atoms with E-state index in [1.807, 2.05) is 24.2 Å². The molecule has 0 bridgehead atoms. The summed E-state index contributed by atoms with van der Waals surface area (Å²) in [5.41, 5.74) is 1.16. The normalized spacial score (nSPS) is 23.8. The van der Waals surface area contributed by atoms with E-state index in [1.165, 1.54) is 25.7 Å². The van der Waals surface area contributed by atoms with Crippen molar-refractivity contribution in [3.8, 4) is 0 Å². The van der Waals surface area contributed by atoms with Gasteiger partial charge in [0.2, 0.25) is 0 Å². The summed E-state index contributed by atoms with van der Waals surface area (Å²) in [6, 6.07) is 0.498. The molecule has 1 heterocycles. The first-order valence-electron chi connectivity index (χ1n) is 7.34. The van der Waals surface area contributed by atoms with E-state index >= 15 is 0 Å². The zero-order chi connectivity index (χ0) is 13.7. The Labute approximate surface area is 121 Å². The van der Waals surface area contributed by atoms with E-state index in [2.05, 4.69) is 36.1 Å². The van der Waals surface area contributed by atoms with E-state index in [-0.39, 0.29) is 0 Å². The second-order valence-corrected chi connectivity index (χ2v) is 7.19. The molecular formula is C15H25N3S. The van der Waals surface area contributed by atoms with Crippen molar-refractivity contribution in [3.63, 3.8) is 0 Å². The minimum atomic E-state index is 0.498. The van der Waals surface area contributed by atoms with Crippen LogP contribution in [0.25, 0.3) is 0 Å². The summed E-state index contributed by atoms with van der Waals surface area (Å²) in [6.07, 6.45) is 9.28. The molecule has 4 heteroatoms. The summed E-state index contributed by atoms with van der Waals surface area (Å²) in [5, 5.41) is 5.03. The summed E-state index contributed by atoms with van der Waals surface area (Å²) in [7, 11) is 0. The number of nitrogens with one attached hydrogen (secondary N) is 1. The number of aromatic nitrogens is 2. The lowest BCUT2D eigenvalue weighted by Crippen LogP contribution is -2.22. The predicted octanol–water partition coefficient (Wildman–Crippen LogP) is 3.65. The van der Waals surface area contributed by atoms with Gasteiger partial charge in [-0.1, -0.05) is 45.4 Å². The van der Waals surface area contributed by atoms with E-state index in [1.54, 1.807) is 0 Å². The van der Waals surface area contributed by atoms with Crippen LogP contribution in [-0.4, -0.2) is 21.3 Å². The SMILES string of the molecule is CC1CCCC(Sc2ncc(CNC(C)C)cn2)C1. The van der Waals surface area contributed by atoms with Crippen LogP contribution in [0.5, 0.6) is 0 Å². The van der Waals surface area contributed by atoms with E-state index in [9.17, 15) is 0 Å². The molecule has 2 atom stereocenters. The molecule has 2 rings (SSSR count). The van der Waals surface area contributed by atoms with Crippen molar-refractivity contribution in [2.24, 2.45) is 5.92 Å². The van der Waals surface area contributed by atoms with Gasteiger partial charge in [0, 0.05) is 35.8 Å². The van der Waals surface area contributed by atoms with Gasteiger partial charge in [0.05, 0.1) is 0 Å². The third-order valence-electron chi connectivity index (χ3n) is 3.56. The lowest BCUT2D eigenvalue weighted by molar-refractivity contribution is 0.394. The standard InChI is InChI=1S/C15H25N3S/c1-11(2)16-8-13-9-17-15(18-10-13)19-14-6-4-5-12(3)7-14/h9-12,14,16H,4-8H2,1-3H3. The summed E-state index contributed by atoms with van der Waals surface area (Å²) in [4.78, 5) is 8.98. The predicted molar refractivity (Wildman–Crippen MR) is 81.3 cm³/mol. The quantitative estimate of drug-likeness (QED) is 0.835. The van der Waals surface area contributed by atoms with Gasteiger partial charge in [0.25, 0.3) is 0 Å². The molecule has 3 nitrogen and oxygen atoms in total. The van der Waals surface area contributed by atoms with Crippen molar-refractivity contribution < 1.29 is 0 Å². The van der Waals surface area contributed by atoms with E-state index in [0.29, 0.717) is 11.3 Å². The molecule has 1 fully saturated rings. The van der Waals surface area contributed by atoms with Crippen molar-refractivity contribution in [1.29, 1.82) is 0 Å². The largest absolute Gasteiger partial charge is 0.310 e. The summed E-state index contributed by atoms with van der Waals surface area (Å²) < 4.78 is 0. The summed E-state index contributed by atoms with van der Waals surface area (Å²) >= 11 is 1.86. The fourth-order valence-electron chi connectivity index (χ4n) is 2.45. The number of hydrogen-bond donors (Lipinski definition) is 1. The molecular weight excluding hydrogens is 254 g/mol. The lowest BCUT2D eigenvalue weighted by Gasteiger charge is -2.25. The van der Waals surface area contributed by atoms with E-state index in [4.69, 9.17) is 0 Å². The molecule has 19 heavy (non-hydrogen) atoms. The monoisotopic (exact) mass is 279 g/mol. The Kier molecular flexibility index (Phi) is 5.64. The highest BCUT2D eigenvalue weighted by atomic mass is 32.2. The third kappa shape index (κ3) is 5.11. The summed E-state index contributed by atoms with van der Waals surface area (Å²) in [5.74, 6) is 0.862. The second kappa shape index (κ2) is 7.25. The molecule has 1 aromatic heterocycles. The number of rotatable bonds is 5. The Hall–Kier alpha value is -0.610. The Morgan fingerprint density at radius 2 is 2.05 bits per heavy atom. The highest BCUT2D eigenvalue weighted by Gasteiger charge is 2.20. The Bertz CT molecular complexity index is 377. The Balaban J connectivity index is 1.84. The molecule has 1 aliphatic carbocycles. The maximum Gasteiger partial charge on any atom is 0.187 e. The summed E-state index contributed by atoms with van der Waals surface area (Å²) in [6.45, 7) is 7.50. The minimum Gasteiger partial charge on any atom is -0.310 e. The fraction of sp³-hybridized carbons (Fsp3) is 0.733. The van der Waals surface area contributed by atoms with Crippen molar-refractivity contribution >= 4 is 11.8 Å². The minimum absolute atomic E-state index is 0.498. The molecule has 2 unspecified atom stereocenters. The van der Waals surface area contributed by atoms with Crippen LogP contribution in [0.2, 0.25) is 0 Å². The molecule has 0 amide bonds. The Morgan fingerprint density at radius 3 is 2.68 bits per heavy atom. The molecule has 0 spiro atoms. The zero-order valence-corrected chi connectivity index (χ0v) is 13.0. The highest BCUT2D eigenvalue weighted by Crippen LogP contribution is 2.34. The molecule has 0 radical (unpaired) electrons. The van der Waals surface area contributed by atoms with Gasteiger partial charge in [-0.25, -0.2) is 9.97 Å². The maximum absolute atomic E-state index is 4.49. The average Bonchev–Trinajstić information content (AvgIpc) is 2.38. The molecule has 1 saturated carbocycles. The smallest absolute Gasteiger partial charge is 0.187 e. The van der Waals surface area contributed by atoms with Crippen LogP contribution in [0.3, 0.4) is 0 Å². The van der Waals surface area contributed by atoms with Crippen molar-refractivity contribution in [2.45, 2.75) is 69.4 Å². The van der Waals surface area contributed by atoms with Crippen molar-refractivity contribution in [3.05, 3.63) is 18.0 Å². The third-order valence-corrected chi connectivity index (χ3v) is 4.74. The average molecular weight is 279 g/mol. The van der Waals surface area contributed by atoms with Crippen LogP contribution in [0, 0.1) is 5.92 Å². The maximum atomic E-state index is 4.49. The van der Waals surface area contributed by atoms with Gasteiger partial charge in [-0.05, 0) is 18.8 Å². The first-order chi connectivity index (χ1) is 9.13. The second-order valence-electron chi connectivity index (χ2n) is 5.92. The number of thioether (sulfide) groups is 1. The van der Waals surface area contributed by atoms with Crippen molar-refractivity contribution in [1.82, 2.24) is 15.3 Å². The van der Waals surface area contributed by atoms with Gasteiger partial charge in [0.1, 0.15) is 0 Å². The first kappa shape index (κ1) is 14.8. The molecule has 0 saturated heterocycles. The molecule has 1 N–H and O–H groups in total. The van der Waals surface area contributed by atoms with Crippen LogP contribution >= 0.6 is 11.8 Å². The van der Waals surface area contributed by atoms with Crippen LogP contribution in [-0.2, 0) is 6.54 Å². The molecule has 1 aliphatic rings. The Morgan fingerprint density at radius 1 is 1.32 bits per heavy atom. The number of hydrogen-bond acceptors (Lipinski definition) is 4. The van der Waals surface area contributed by atoms with Gasteiger partial charge >= 0.3 is 0 Å². The van der Waals surface area contributed by atoms with E-state index in [0.717, 1.165) is 23.2 Å². The first-order valence-corrected chi connectivity index (χ1v) is 8.22. The molecule has 0 aromatic carbocycles. The van der Waals surface area contributed by atoms with E-state index < -0.39 is 0 Å².